The number of rotatable bonds is 5. The third-order valence-electron chi connectivity index (χ3n) is 2.59. The number of nitrogens with zero attached hydrogens (tertiary/aromatic N) is 1. The highest BCUT2D eigenvalue weighted by Crippen LogP contribution is 2.32. The Hall–Kier alpha value is -1.05. The van der Waals surface area contributed by atoms with Gasteiger partial charge < -0.3 is 4.74 Å². The molecular weight excluding hydrogens is 302 g/mol. The molecule has 0 aliphatic rings. The van der Waals surface area contributed by atoms with Crippen molar-refractivity contribution in [2.75, 3.05) is 7.11 Å². The molecule has 0 spiro atoms. The summed E-state index contributed by atoms with van der Waals surface area (Å²) in [7, 11) is 1.58. The van der Waals surface area contributed by atoms with Gasteiger partial charge in [0.25, 0.3) is 0 Å². The van der Waals surface area contributed by atoms with E-state index < -0.39 is 5.92 Å². The van der Waals surface area contributed by atoms with Gasteiger partial charge >= 0.3 is 0 Å². The SMILES string of the molecule is COc1ccc2sc(C(CC(=O)S)C(=O)S)nc2c1. The maximum Gasteiger partial charge on any atom is 0.196 e. The molecule has 0 aliphatic heterocycles. The van der Waals surface area contributed by atoms with Crippen LogP contribution in [0.1, 0.15) is 17.3 Å². The smallest absolute Gasteiger partial charge is 0.196 e. The Bertz CT molecular complexity index is 638. The van der Waals surface area contributed by atoms with Crippen LogP contribution >= 0.6 is 36.6 Å². The van der Waals surface area contributed by atoms with E-state index in [1.54, 1.807) is 13.2 Å². The lowest BCUT2D eigenvalue weighted by atomic mass is 10.1. The van der Waals surface area contributed by atoms with Crippen molar-refractivity contribution in [2.24, 2.45) is 0 Å². The Labute approximate surface area is 125 Å². The van der Waals surface area contributed by atoms with Gasteiger partial charge in [-0.2, -0.15) is 0 Å². The minimum atomic E-state index is -0.642. The highest BCUT2D eigenvalue weighted by Gasteiger charge is 2.23. The predicted molar refractivity (Wildman–Crippen MR) is 81.5 cm³/mol. The number of fused-ring (bicyclic) bond motifs is 1. The zero-order valence-corrected chi connectivity index (χ0v) is 12.6. The number of thiazole rings is 1. The Morgan fingerprint density at radius 2 is 2.16 bits per heavy atom. The molecule has 0 aliphatic carbocycles. The van der Waals surface area contributed by atoms with Gasteiger partial charge in [0.2, 0.25) is 0 Å². The zero-order valence-electron chi connectivity index (χ0n) is 9.99. The van der Waals surface area contributed by atoms with E-state index in [2.05, 4.69) is 30.2 Å². The molecule has 19 heavy (non-hydrogen) atoms. The first-order valence-corrected chi connectivity index (χ1v) is 7.11. The van der Waals surface area contributed by atoms with Gasteiger partial charge in [0.05, 0.1) is 23.2 Å². The molecule has 0 bridgehead atoms. The van der Waals surface area contributed by atoms with Crippen LogP contribution < -0.4 is 4.74 Å². The van der Waals surface area contributed by atoms with E-state index in [4.69, 9.17) is 4.74 Å². The van der Waals surface area contributed by atoms with E-state index in [1.807, 2.05) is 12.1 Å². The first-order chi connectivity index (χ1) is 9.01. The molecule has 0 saturated heterocycles. The number of methoxy groups -OCH3 is 1. The summed E-state index contributed by atoms with van der Waals surface area (Å²) in [6.07, 6.45) is 0.00238. The van der Waals surface area contributed by atoms with Crippen molar-refractivity contribution in [1.82, 2.24) is 4.98 Å². The summed E-state index contributed by atoms with van der Waals surface area (Å²) in [5.74, 6) is 0.0556. The zero-order chi connectivity index (χ0) is 14.0. The maximum absolute atomic E-state index is 11.5. The number of hydrogen-bond donors (Lipinski definition) is 2. The van der Waals surface area contributed by atoms with E-state index in [0.717, 1.165) is 10.2 Å². The highest BCUT2D eigenvalue weighted by molar-refractivity contribution is 7.97. The molecule has 7 heteroatoms. The molecule has 1 unspecified atom stereocenters. The van der Waals surface area contributed by atoms with Crippen molar-refractivity contribution in [3.8, 4) is 5.75 Å². The Morgan fingerprint density at radius 1 is 1.42 bits per heavy atom. The number of aromatic nitrogens is 1. The van der Waals surface area contributed by atoms with E-state index in [1.165, 1.54) is 11.3 Å². The van der Waals surface area contributed by atoms with Gasteiger partial charge in [-0.25, -0.2) is 4.98 Å². The van der Waals surface area contributed by atoms with Gasteiger partial charge in [0, 0.05) is 12.5 Å². The molecule has 1 aromatic heterocycles. The van der Waals surface area contributed by atoms with Crippen LogP contribution in [-0.4, -0.2) is 22.3 Å². The molecule has 0 fully saturated rings. The molecule has 1 atom stereocenters. The number of hydrogen-bond acceptors (Lipinski definition) is 5. The lowest BCUT2D eigenvalue weighted by Gasteiger charge is -2.06. The van der Waals surface area contributed by atoms with Crippen molar-refractivity contribution in [2.45, 2.75) is 12.3 Å². The van der Waals surface area contributed by atoms with Gasteiger partial charge in [-0.1, -0.05) is 0 Å². The van der Waals surface area contributed by atoms with E-state index >= 15 is 0 Å². The van der Waals surface area contributed by atoms with Crippen LogP contribution in [0.25, 0.3) is 10.2 Å². The molecule has 0 radical (unpaired) electrons. The van der Waals surface area contributed by atoms with Crippen molar-refractivity contribution >= 4 is 57.0 Å². The molecule has 2 rings (SSSR count). The van der Waals surface area contributed by atoms with Crippen LogP contribution in [0.3, 0.4) is 0 Å². The summed E-state index contributed by atoms with van der Waals surface area (Å²) in [4.78, 5) is 27.0. The van der Waals surface area contributed by atoms with E-state index in [0.29, 0.717) is 10.8 Å². The minimum absolute atomic E-state index is 0.00238. The van der Waals surface area contributed by atoms with Crippen molar-refractivity contribution in [1.29, 1.82) is 0 Å². The van der Waals surface area contributed by atoms with Crippen LogP contribution in [0.15, 0.2) is 18.2 Å². The summed E-state index contributed by atoms with van der Waals surface area (Å²) in [5, 5.41) is -0.164. The molecule has 1 heterocycles. The van der Waals surface area contributed by atoms with E-state index in [-0.39, 0.29) is 16.7 Å². The molecule has 0 saturated carbocycles. The standard InChI is InChI=1S/C12H11NO3S3/c1-16-6-2-3-9-8(4-6)13-11(19-9)7(12(15)18)5-10(14)17/h2-4,7H,5H2,1H3,(H,14,17)(H,15,18). The summed E-state index contributed by atoms with van der Waals surface area (Å²) in [6.45, 7) is 0. The van der Waals surface area contributed by atoms with Gasteiger partial charge in [0.1, 0.15) is 10.8 Å². The number of ether oxygens (including phenoxy) is 1. The lowest BCUT2D eigenvalue weighted by Crippen LogP contribution is -2.09. The second-order valence-electron chi connectivity index (χ2n) is 3.87. The molecule has 0 N–H and O–H groups in total. The van der Waals surface area contributed by atoms with Crippen LogP contribution in [0, 0.1) is 0 Å². The normalized spacial score (nSPS) is 12.4. The predicted octanol–water partition coefficient (Wildman–Crippen LogP) is 2.69. The molecule has 4 nitrogen and oxygen atoms in total. The lowest BCUT2D eigenvalue weighted by molar-refractivity contribution is -0.116. The van der Waals surface area contributed by atoms with Gasteiger partial charge in [0.15, 0.2) is 10.2 Å². The van der Waals surface area contributed by atoms with Crippen LogP contribution in [0.5, 0.6) is 5.75 Å². The average Bonchev–Trinajstić information content (AvgIpc) is 2.77. The first-order valence-electron chi connectivity index (χ1n) is 5.40. The minimum Gasteiger partial charge on any atom is -0.497 e. The second-order valence-corrected chi connectivity index (χ2v) is 5.88. The maximum atomic E-state index is 11.5. The Kier molecular flexibility index (Phi) is 4.49. The van der Waals surface area contributed by atoms with Gasteiger partial charge in [-0.05, 0) is 12.1 Å². The number of thiol groups is 2. The summed E-state index contributed by atoms with van der Waals surface area (Å²) in [6, 6.07) is 5.49. The first kappa shape index (κ1) is 14.4. The van der Waals surface area contributed by atoms with E-state index in [9.17, 15) is 9.59 Å². The van der Waals surface area contributed by atoms with Crippen molar-refractivity contribution in [3.05, 3.63) is 23.2 Å². The Balaban J connectivity index is 2.42. The Morgan fingerprint density at radius 3 is 2.74 bits per heavy atom. The fourth-order valence-corrected chi connectivity index (χ4v) is 3.19. The second kappa shape index (κ2) is 5.94. The topological polar surface area (TPSA) is 56.3 Å². The van der Waals surface area contributed by atoms with Crippen LogP contribution in [0.2, 0.25) is 0 Å². The quantitative estimate of drug-likeness (QED) is 0.833. The molecule has 0 amide bonds. The third-order valence-corrected chi connectivity index (χ3v) is 4.23. The van der Waals surface area contributed by atoms with Gasteiger partial charge in [-0.3, -0.25) is 9.59 Å². The molecule has 2 aromatic rings. The fraction of sp³-hybridized carbons (Fsp3) is 0.250. The molecule has 1 aromatic carbocycles. The third kappa shape index (κ3) is 3.29. The summed E-state index contributed by atoms with van der Waals surface area (Å²) >= 11 is 8.90. The number of benzene rings is 1. The van der Waals surface area contributed by atoms with Gasteiger partial charge in [-0.15, -0.1) is 36.6 Å². The van der Waals surface area contributed by atoms with Crippen molar-refractivity contribution < 1.29 is 14.3 Å². The largest absolute Gasteiger partial charge is 0.497 e. The number of carbonyl (C=O) groups is 2. The molecule has 100 valence electrons. The highest BCUT2D eigenvalue weighted by atomic mass is 32.1. The monoisotopic (exact) mass is 313 g/mol. The summed E-state index contributed by atoms with van der Waals surface area (Å²) < 4.78 is 6.05. The summed E-state index contributed by atoms with van der Waals surface area (Å²) in [5.41, 5.74) is 0.741. The van der Waals surface area contributed by atoms with Crippen molar-refractivity contribution in [3.63, 3.8) is 0 Å². The fourth-order valence-electron chi connectivity index (χ4n) is 1.66. The average molecular weight is 313 g/mol. The van der Waals surface area contributed by atoms with Crippen LogP contribution in [-0.2, 0) is 9.59 Å². The number of carbonyl (C=O) groups excluding carboxylic acids is 2. The van der Waals surface area contributed by atoms with Crippen LogP contribution in [0.4, 0.5) is 0 Å². The molecular formula is C12H11NO3S3.